The molecule has 0 aromatic heterocycles. The van der Waals surface area contributed by atoms with E-state index in [1.165, 1.54) is 16.7 Å². The average Bonchev–Trinajstić information content (AvgIpc) is 2.38. The van der Waals surface area contributed by atoms with Gasteiger partial charge in [-0.05, 0) is 48.6 Å². The van der Waals surface area contributed by atoms with Crippen LogP contribution in [0.15, 0.2) is 36.4 Å². The molecule has 2 heteroatoms. The molecule has 100 valence electrons. The van der Waals surface area contributed by atoms with Gasteiger partial charge in [0, 0.05) is 13.1 Å². The van der Waals surface area contributed by atoms with E-state index in [9.17, 15) is 5.11 Å². The first-order valence-electron chi connectivity index (χ1n) is 6.62. The first-order chi connectivity index (χ1) is 9.08. The Kier molecular flexibility index (Phi) is 4.23. The largest absolute Gasteiger partial charge is 0.507 e. The molecule has 0 heterocycles. The highest BCUT2D eigenvalue weighted by Crippen LogP contribution is 2.22. The van der Waals surface area contributed by atoms with Crippen molar-refractivity contribution < 1.29 is 5.11 Å². The number of hydrogen-bond acceptors (Lipinski definition) is 2. The van der Waals surface area contributed by atoms with Crippen LogP contribution in [0.25, 0.3) is 0 Å². The maximum absolute atomic E-state index is 9.75. The van der Waals surface area contributed by atoms with Crippen LogP contribution >= 0.6 is 0 Å². The van der Waals surface area contributed by atoms with E-state index in [1.807, 2.05) is 26.0 Å². The molecule has 0 aliphatic heterocycles. The Bertz CT molecular complexity index is 552. The van der Waals surface area contributed by atoms with Gasteiger partial charge in [-0.25, -0.2) is 0 Å². The van der Waals surface area contributed by atoms with Gasteiger partial charge in [0.25, 0.3) is 0 Å². The number of benzene rings is 2. The molecule has 0 atom stereocenters. The van der Waals surface area contributed by atoms with Gasteiger partial charge < -0.3 is 10.4 Å². The third-order valence-electron chi connectivity index (χ3n) is 3.46. The second-order valence-corrected chi connectivity index (χ2v) is 5.11. The molecule has 0 saturated carbocycles. The number of hydrogen-bond donors (Lipinski definition) is 2. The number of phenols is 1. The van der Waals surface area contributed by atoms with Crippen molar-refractivity contribution in [3.8, 4) is 5.75 Å². The van der Waals surface area contributed by atoms with Crippen molar-refractivity contribution in [3.05, 3.63) is 64.2 Å². The zero-order chi connectivity index (χ0) is 13.8. The molecule has 0 aliphatic rings. The fourth-order valence-electron chi connectivity index (χ4n) is 2.30. The van der Waals surface area contributed by atoms with E-state index in [0.717, 1.165) is 24.2 Å². The Labute approximate surface area is 115 Å². The minimum Gasteiger partial charge on any atom is -0.507 e. The molecule has 0 amide bonds. The van der Waals surface area contributed by atoms with E-state index >= 15 is 0 Å². The summed E-state index contributed by atoms with van der Waals surface area (Å²) < 4.78 is 0. The second kappa shape index (κ2) is 5.89. The summed E-state index contributed by atoms with van der Waals surface area (Å²) in [5.74, 6) is 0.405. The Morgan fingerprint density at radius 2 is 1.53 bits per heavy atom. The van der Waals surface area contributed by atoms with E-state index in [2.05, 4.69) is 36.5 Å². The van der Waals surface area contributed by atoms with Crippen molar-refractivity contribution in [2.75, 3.05) is 0 Å². The highest BCUT2D eigenvalue weighted by Gasteiger charge is 2.03. The SMILES string of the molecule is Cc1ccccc1CNCc1cc(C)c(O)c(C)c1. The van der Waals surface area contributed by atoms with E-state index in [-0.39, 0.29) is 0 Å². The van der Waals surface area contributed by atoms with Gasteiger partial charge in [0.15, 0.2) is 0 Å². The minimum atomic E-state index is 0.405. The van der Waals surface area contributed by atoms with E-state index in [4.69, 9.17) is 0 Å². The van der Waals surface area contributed by atoms with Crippen LogP contribution in [0.1, 0.15) is 27.8 Å². The number of phenolic OH excluding ortho intramolecular Hbond substituents is 1. The summed E-state index contributed by atoms with van der Waals surface area (Å²) in [6.45, 7) is 7.69. The van der Waals surface area contributed by atoms with Crippen LogP contribution in [0.3, 0.4) is 0 Å². The lowest BCUT2D eigenvalue weighted by Gasteiger charge is -2.10. The average molecular weight is 255 g/mol. The van der Waals surface area contributed by atoms with Crippen LogP contribution in [-0.2, 0) is 13.1 Å². The van der Waals surface area contributed by atoms with Crippen molar-refractivity contribution in [1.82, 2.24) is 5.32 Å². The Hall–Kier alpha value is -1.80. The topological polar surface area (TPSA) is 32.3 Å². The van der Waals surface area contributed by atoms with Crippen LogP contribution in [0.4, 0.5) is 0 Å². The number of nitrogens with one attached hydrogen (secondary N) is 1. The lowest BCUT2D eigenvalue weighted by atomic mass is 10.1. The molecular weight excluding hydrogens is 234 g/mol. The molecule has 2 aromatic carbocycles. The zero-order valence-corrected chi connectivity index (χ0v) is 11.8. The Morgan fingerprint density at radius 1 is 0.895 bits per heavy atom. The summed E-state index contributed by atoms with van der Waals surface area (Å²) in [5, 5.41) is 13.2. The Morgan fingerprint density at radius 3 is 2.16 bits per heavy atom. The van der Waals surface area contributed by atoms with Crippen LogP contribution in [0.5, 0.6) is 5.75 Å². The standard InChI is InChI=1S/C17H21NO/c1-12-6-4-5-7-16(12)11-18-10-15-8-13(2)17(19)14(3)9-15/h4-9,18-19H,10-11H2,1-3H3. The lowest BCUT2D eigenvalue weighted by molar-refractivity contribution is 0.466. The van der Waals surface area contributed by atoms with Crippen molar-refractivity contribution in [2.45, 2.75) is 33.9 Å². The number of aromatic hydroxyl groups is 1. The van der Waals surface area contributed by atoms with Crippen LogP contribution in [-0.4, -0.2) is 5.11 Å². The summed E-state index contributed by atoms with van der Waals surface area (Å²) in [7, 11) is 0. The molecule has 19 heavy (non-hydrogen) atoms. The van der Waals surface area contributed by atoms with Crippen molar-refractivity contribution in [1.29, 1.82) is 0 Å². The van der Waals surface area contributed by atoms with Crippen LogP contribution in [0, 0.1) is 20.8 Å². The van der Waals surface area contributed by atoms with Gasteiger partial charge in [0.1, 0.15) is 5.75 Å². The van der Waals surface area contributed by atoms with Crippen molar-refractivity contribution in [2.24, 2.45) is 0 Å². The Balaban J connectivity index is 1.98. The minimum absolute atomic E-state index is 0.405. The predicted molar refractivity (Wildman–Crippen MR) is 79.3 cm³/mol. The fourth-order valence-corrected chi connectivity index (χ4v) is 2.30. The molecule has 0 saturated heterocycles. The molecule has 0 unspecified atom stereocenters. The van der Waals surface area contributed by atoms with Crippen molar-refractivity contribution in [3.63, 3.8) is 0 Å². The zero-order valence-electron chi connectivity index (χ0n) is 11.8. The number of aryl methyl sites for hydroxylation is 3. The quantitative estimate of drug-likeness (QED) is 0.874. The monoisotopic (exact) mass is 255 g/mol. The smallest absolute Gasteiger partial charge is 0.121 e. The van der Waals surface area contributed by atoms with Gasteiger partial charge in [-0.2, -0.15) is 0 Å². The summed E-state index contributed by atoms with van der Waals surface area (Å²) in [4.78, 5) is 0. The highest BCUT2D eigenvalue weighted by atomic mass is 16.3. The molecule has 0 radical (unpaired) electrons. The molecule has 2 aromatic rings. The first-order valence-corrected chi connectivity index (χ1v) is 6.62. The third-order valence-corrected chi connectivity index (χ3v) is 3.46. The van der Waals surface area contributed by atoms with Crippen LogP contribution in [0.2, 0.25) is 0 Å². The fraction of sp³-hybridized carbons (Fsp3) is 0.294. The van der Waals surface area contributed by atoms with Gasteiger partial charge in [-0.3, -0.25) is 0 Å². The summed E-state index contributed by atoms with van der Waals surface area (Å²) in [6, 6.07) is 12.5. The molecule has 2 rings (SSSR count). The lowest BCUT2D eigenvalue weighted by Crippen LogP contribution is -2.13. The maximum Gasteiger partial charge on any atom is 0.121 e. The van der Waals surface area contributed by atoms with E-state index in [1.54, 1.807) is 0 Å². The van der Waals surface area contributed by atoms with Gasteiger partial charge in [0.2, 0.25) is 0 Å². The molecule has 0 bridgehead atoms. The highest BCUT2D eigenvalue weighted by molar-refractivity contribution is 5.42. The van der Waals surface area contributed by atoms with E-state index in [0.29, 0.717) is 5.75 Å². The maximum atomic E-state index is 9.75. The molecule has 2 nitrogen and oxygen atoms in total. The van der Waals surface area contributed by atoms with Gasteiger partial charge >= 0.3 is 0 Å². The molecule has 2 N–H and O–H groups in total. The molecular formula is C17H21NO. The summed E-state index contributed by atoms with van der Waals surface area (Å²) in [6.07, 6.45) is 0. The normalized spacial score (nSPS) is 10.7. The first kappa shape index (κ1) is 13.6. The van der Waals surface area contributed by atoms with Gasteiger partial charge in [-0.1, -0.05) is 36.4 Å². The molecule has 0 fully saturated rings. The third kappa shape index (κ3) is 3.36. The van der Waals surface area contributed by atoms with Gasteiger partial charge in [0.05, 0.1) is 0 Å². The summed E-state index contributed by atoms with van der Waals surface area (Å²) in [5.41, 5.74) is 5.73. The molecule has 0 spiro atoms. The number of rotatable bonds is 4. The van der Waals surface area contributed by atoms with Crippen molar-refractivity contribution >= 4 is 0 Å². The van der Waals surface area contributed by atoms with Crippen LogP contribution < -0.4 is 5.32 Å². The predicted octanol–water partition coefficient (Wildman–Crippen LogP) is 3.61. The second-order valence-electron chi connectivity index (χ2n) is 5.11. The molecule has 0 aliphatic carbocycles. The van der Waals surface area contributed by atoms with E-state index < -0.39 is 0 Å². The van der Waals surface area contributed by atoms with Gasteiger partial charge in [-0.15, -0.1) is 0 Å². The summed E-state index contributed by atoms with van der Waals surface area (Å²) >= 11 is 0.